The predicted octanol–water partition coefficient (Wildman–Crippen LogP) is 3.62. The molecule has 1 aromatic carbocycles. The number of benzene rings is 1. The number of para-hydroxylation sites is 1. The SMILES string of the molecule is CC1CCc2c(nc3ccccc3c2C(=O)O)C1C. The van der Waals surface area contributed by atoms with E-state index < -0.39 is 5.97 Å². The smallest absolute Gasteiger partial charge is 0.336 e. The average Bonchev–Trinajstić information content (AvgIpc) is 2.40. The van der Waals surface area contributed by atoms with E-state index in [4.69, 9.17) is 4.98 Å². The topological polar surface area (TPSA) is 50.2 Å². The molecule has 98 valence electrons. The molecule has 0 radical (unpaired) electrons. The van der Waals surface area contributed by atoms with Crippen LogP contribution in [0, 0.1) is 5.92 Å². The molecule has 3 rings (SSSR count). The number of rotatable bonds is 1. The van der Waals surface area contributed by atoms with Crippen LogP contribution in [0.25, 0.3) is 10.9 Å². The van der Waals surface area contributed by atoms with Gasteiger partial charge in [0.2, 0.25) is 0 Å². The first-order chi connectivity index (χ1) is 9.09. The molecule has 0 spiro atoms. The number of aromatic carboxylic acids is 1. The molecule has 1 aliphatic rings. The maximum absolute atomic E-state index is 11.6. The van der Waals surface area contributed by atoms with Crippen molar-refractivity contribution in [3.05, 3.63) is 41.1 Å². The number of aromatic nitrogens is 1. The van der Waals surface area contributed by atoms with E-state index >= 15 is 0 Å². The Hall–Kier alpha value is -1.90. The molecule has 2 aromatic rings. The molecule has 1 aliphatic carbocycles. The number of pyridine rings is 1. The molecule has 1 aromatic heterocycles. The largest absolute Gasteiger partial charge is 0.478 e. The lowest BCUT2D eigenvalue weighted by molar-refractivity contribution is 0.0697. The highest BCUT2D eigenvalue weighted by Gasteiger charge is 2.29. The summed E-state index contributed by atoms with van der Waals surface area (Å²) in [5, 5.41) is 10.3. The normalized spacial score (nSPS) is 22.2. The zero-order valence-electron chi connectivity index (χ0n) is 11.2. The van der Waals surface area contributed by atoms with Crippen LogP contribution < -0.4 is 0 Å². The van der Waals surface area contributed by atoms with Crippen LogP contribution in [-0.2, 0) is 6.42 Å². The Morgan fingerprint density at radius 3 is 2.79 bits per heavy atom. The third-order valence-electron chi connectivity index (χ3n) is 4.37. The van der Waals surface area contributed by atoms with Crippen LogP contribution in [0.4, 0.5) is 0 Å². The van der Waals surface area contributed by atoms with Gasteiger partial charge in [0.25, 0.3) is 0 Å². The lowest BCUT2D eigenvalue weighted by Gasteiger charge is -2.29. The fourth-order valence-corrected chi connectivity index (χ4v) is 3.04. The minimum absolute atomic E-state index is 0.325. The molecule has 0 aliphatic heterocycles. The summed E-state index contributed by atoms with van der Waals surface area (Å²) in [5.41, 5.74) is 3.17. The second-order valence-electron chi connectivity index (χ2n) is 5.48. The van der Waals surface area contributed by atoms with Crippen molar-refractivity contribution in [2.45, 2.75) is 32.6 Å². The Morgan fingerprint density at radius 1 is 1.32 bits per heavy atom. The summed E-state index contributed by atoms with van der Waals surface area (Å²) in [7, 11) is 0. The van der Waals surface area contributed by atoms with Gasteiger partial charge < -0.3 is 5.11 Å². The Kier molecular flexibility index (Phi) is 2.77. The molecule has 1 N–H and O–H groups in total. The van der Waals surface area contributed by atoms with Gasteiger partial charge in [-0.15, -0.1) is 0 Å². The van der Waals surface area contributed by atoms with Gasteiger partial charge in [0.1, 0.15) is 0 Å². The molecule has 0 saturated heterocycles. The summed E-state index contributed by atoms with van der Waals surface area (Å²) in [6, 6.07) is 7.53. The van der Waals surface area contributed by atoms with Crippen molar-refractivity contribution in [1.29, 1.82) is 0 Å². The molecule has 3 heteroatoms. The molecule has 0 fully saturated rings. The van der Waals surface area contributed by atoms with Gasteiger partial charge in [-0.25, -0.2) is 4.79 Å². The van der Waals surface area contributed by atoms with Gasteiger partial charge in [-0.2, -0.15) is 0 Å². The summed E-state index contributed by atoms with van der Waals surface area (Å²) in [4.78, 5) is 16.4. The Morgan fingerprint density at radius 2 is 2.05 bits per heavy atom. The van der Waals surface area contributed by atoms with Gasteiger partial charge >= 0.3 is 5.97 Å². The Labute approximate surface area is 112 Å². The second kappa shape index (κ2) is 4.34. The average molecular weight is 255 g/mol. The summed E-state index contributed by atoms with van der Waals surface area (Å²) in [6.45, 7) is 4.36. The predicted molar refractivity (Wildman–Crippen MR) is 74.6 cm³/mol. The minimum Gasteiger partial charge on any atom is -0.478 e. The molecule has 0 saturated carbocycles. The molecule has 3 nitrogen and oxygen atoms in total. The molecule has 2 unspecified atom stereocenters. The van der Waals surface area contributed by atoms with Crippen molar-refractivity contribution in [2.24, 2.45) is 5.92 Å². The van der Waals surface area contributed by atoms with E-state index in [2.05, 4.69) is 13.8 Å². The van der Waals surface area contributed by atoms with Crippen LogP contribution in [-0.4, -0.2) is 16.1 Å². The van der Waals surface area contributed by atoms with E-state index in [-0.39, 0.29) is 0 Å². The van der Waals surface area contributed by atoms with Crippen molar-refractivity contribution >= 4 is 16.9 Å². The van der Waals surface area contributed by atoms with Crippen molar-refractivity contribution in [2.75, 3.05) is 0 Å². The summed E-state index contributed by atoms with van der Waals surface area (Å²) < 4.78 is 0. The molecular weight excluding hydrogens is 238 g/mol. The molecule has 2 atom stereocenters. The van der Waals surface area contributed by atoms with Crippen LogP contribution in [0.3, 0.4) is 0 Å². The number of hydrogen-bond donors (Lipinski definition) is 1. The lowest BCUT2D eigenvalue weighted by Crippen LogP contribution is -2.21. The highest BCUT2D eigenvalue weighted by Crippen LogP contribution is 2.38. The van der Waals surface area contributed by atoms with E-state index in [0.717, 1.165) is 35.0 Å². The van der Waals surface area contributed by atoms with Crippen LogP contribution in [0.1, 0.15) is 47.8 Å². The maximum atomic E-state index is 11.6. The summed E-state index contributed by atoms with van der Waals surface area (Å²) >= 11 is 0. The summed E-state index contributed by atoms with van der Waals surface area (Å²) in [6.07, 6.45) is 1.86. The highest BCUT2D eigenvalue weighted by molar-refractivity contribution is 6.04. The van der Waals surface area contributed by atoms with Crippen LogP contribution in [0.2, 0.25) is 0 Å². The molecule has 1 heterocycles. The van der Waals surface area contributed by atoms with E-state index in [1.54, 1.807) is 0 Å². The van der Waals surface area contributed by atoms with Crippen LogP contribution in [0.15, 0.2) is 24.3 Å². The van der Waals surface area contributed by atoms with E-state index in [9.17, 15) is 9.90 Å². The zero-order chi connectivity index (χ0) is 13.6. The number of fused-ring (bicyclic) bond motifs is 2. The Bertz CT molecular complexity index is 663. The van der Waals surface area contributed by atoms with Crippen molar-refractivity contribution in [1.82, 2.24) is 4.98 Å². The number of carboxylic acids is 1. The van der Waals surface area contributed by atoms with Gasteiger partial charge in [-0.05, 0) is 30.4 Å². The van der Waals surface area contributed by atoms with Crippen LogP contribution in [0.5, 0.6) is 0 Å². The van der Waals surface area contributed by atoms with E-state index in [1.165, 1.54) is 0 Å². The van der Waals surface area contributed by atoms with Crippen molar-refractivity contribution in [3.63, 3.8) is 0 Å². The molecule has 0 bridgehead atoms. The fourth-order valence-electron chi connectivity index (χ4n) is 3.04. The van der Waals surface area contributed by atoms with Crippen molar-refractivity contribution in [3.8, 4) is 0 Å². The number of hydrogen-bond acceptors (Lipinski definition) is 2. The highest BCUT2D eigenvalue weighted by atomic mass is 16.4. The first kappa shape index (κ1) is 12.2. The maximum Gasteiger partial charge on any atom is 0.336 e. The molecular formula is C16H17NO2. The van der Waals surface area contributed by atoms with Crippen LogP contribution >= 0.6 is 0 Å². The van der Waals surface area contributed by atoms with Gasteiger partial charge in [0.05, 0.1) is 11.1 Å². The lowest BCUT2D eigenvalue weighted by atomic mass is 9.78. The molecule has 0 amide bonds. The van der Waals surface area contributed by atoms with Gasteiger partial charge in [-0.1, -0.05) is 32.0 Å². The van der Waals surface area contributed by atoms with Crippen molar-refractivity contribution < 1.29 is 9.90 Å². The first-order valence-corrected chi connectivity index (χ1v) is 6.74. The standard InChI is InChI=1S/C16H17NO2/c1-9-7-8-12-14(16(18)19)11-5-3-4-6-13(11)17-15(12)10(9)2/h3-6,9-10H,7-8H2,1-2H3,(H,18,19). The third-order valence-corrected chi connectivity index (χ3v) is 4.37. The Balaban J connectivity index is 2.38. The monoisotopic (exact) mass is 255 g/mol. The van der Waals surface area contributed by atoms with Gasteiger partial charge in [0, 0.05) is 17.0 Å². The number of carbonyl (C=O) groups is 1. The van der Waals surface area contributed by atoms with Gasteiger partial charge in [-0.3, -0.25) is 4.98 Å². The zero-order valence-corrected chi connectivity index (χ0v) is 11.2. The first-order valence-electron chi connectivity index (χ1n) is 6.74. The minimum atomic E-state index is -0.836. The van der Waals surface area contributed by atoms with E-state index in [1.807, 2.05) is 24.3 Å². The van der Waals surface area contributed by atoms with E-state index in [0.29, 0.717) is 17.4 Å². The fraction of sp³-hybridized carbons (Fsp3) is 0.375. The number of carboxylic acid groups (broad SMARTS) is 1. The molecule has 19 heavy (non-hydrogen) atoms. The number of nitrogens with zero attached hydrogens (tertiary/aromatic N) is 1. The summed E-state index contributed by atoms with van der Waals surface area (Å²) in [5.74, 6) is 0.0471. The quantitative estimate of drug-likeness (QED) is 0.846. The van der Waals surface area contributed by atoms with Gasteiger partial charge in [0.15, 0.2) is 0 Å². The second-order valence-corrected chi connectivity index (χ2v) is 5.48. The third kappa shape index (κ3) is 1.81.